The molecule has 0 aliphatic rings. The molecule has 0 saturated heterocycles. The quantitative estimate of drug-likeness (QED) is 0.0281. The molecule has 482 valence electrons. The summed E-state index contributed by atoms with van der Waals surface area (Å²) in [5.41, 5.74) is -1.92. The molecule has 0 spiro atoms. The highest BCUT2D eigenvalue weighted by atomic mass is 35.5. The van der Waals surface area contributed by atoms with Crippen molar-refractivity contribution in [3.8, 4) is 11.5 Å². The standard InChI is InChI=1S/C53H35Cl2N13O20S6/c54-49-59-42(60-52(61-49)57-36-22-32(89(71,72)73)18-27-20-40(93(83,84)85)45(47(69)43(27)36)67-65-30-11-13-34-25(16-30)3-1-5-38(34)91(77,78)79)15-24-7-9-29(10-8-24)56-51-62-50(55)63-53(64-51)58-37-23-33(90(74,75)76)19-28-21-41(94(86,87)88)46(48(70)44(28)37)68-66-31-12-14-35-26(17-31)4-2-6-39(35)92(80,81)82/h1-14,16-23,69-70H,15H2,(H,71,72,73)(H,74,75,76)(H,77,78,79)(H,80,81,82)(H,83,84,85)(H,86,87,88)(H,57,59,60,61)(H2,56,58,62,63,64). The maximum Gasteiger partial charge on any atom is 0.296 e. The minimum atomic E-state index is -5.32. The Labute approximate surface area is 538 Å². The molecule has 9 aromatic carbocycles. The predicted molar refractivity (Wildman–Crippen MR) is 335 cm³/mol. The lowest BCUT2D eigenvalue weighted by atomic mass is 10.1. The number of nitrogens with zero attached hydrogens (tertiary/aromatic N) is 10. The smallest absolute Gasteiger partial charge is 0.296 e. The van der Waals surface area contributed by atoms with Crippen molar-refractivity contribution in [3.63, 3.8) is 0 Å². The summed E-state index contributed by atoms with van der Waals surface area (Å²) in [5, 5.41) is 45.6. The highest BCUT2D eigenvalue weighted by Gasteiger charge is 2.29. The number of hydrogen-bond donors (Lipinski definition) is 11. The summed E-state index contributed by atoms with van der Waals surface area (Å²) in [4.78, 5) is 20.1. The Morgan fingerprint density at radius 3 is 1.20 bits per heavy atom. The van der Waals surface area contributed by atoms with Gasteiger partial charge in [0.1, 0.15) is 36.8 Å². The van der Waals surface area contributed by atoms with Crippen LogP contribution in [0.2, 0.25) is 10.6 Å². The third-order valence-corrected chi connectivity index (χ3v) is 19.0. The number of anilines is 6. The van der Waals surface area contributed by atoms with Gasteiger partial charge in [-0.15, -0.1) is 10.2 Å². The van der Waals surface area contributed by atoms with Gasteiger partial charge in [0, 0.05) is 33.7 Å². The lowest BCUT2D eigenvalue weighted by Crippen LogP contribution is -2.07. The Kier molecular flexibility index (Phi) is 17.0. The van der Waals surface area contributed by atoms with Gasteiger partial charge in [-0.1, -0.05) is 48.5 Å². The predicted octanol–water partition coefficient (Wildman–Crippen LogP) is 10.5. The molecule has 41 heteroatoms. The first kappa shape index (κ1) is 65.8. The van der Waals surface area contributed by atoms with Gasteiger partial charge in [-0.2, -0.15) is 85.7 Å². The number of fused-ring (bicyclic) bond motifs is 4. The van der Waals surface area contributed by atoms with Crippen molar-refractivity contribution in [3.05, 3.63) is 155 Å². The number of rotatable bonds is 18. The maximum atomic E-state index is 12.8. The Hall–Kier alpha value is -9.72. The Morgan fingerprint density at radius 1 is 0.383 bits per heavy atom. The number of phenolic OH excluding ortho intramolecular Hbond substituents is 2. The van der Waals surface area contributed by atoms with Crippen molar-refractivity contribution in [2.75, 3.05) is 16.0 Å². The molecule has 0 atom stereocenters. The Bertz CT molecular complexity index is 5530. The van der Waals surface area contributed by atoms with Gasteiger partial charge in [-0.3, -0.25) is 27.3 Å². The number of hydrogen-bond acceptors (Lipinski definition) is 27. The van der Waals surface area contributed by atoms with E-state index in [4.69, 9.17) is 23.2 Å². The van der Waals surface area contributed by atoms with E-state index >= 15 is 0 Å². The fourth-order valence-electron chi connectivity index (χ4n) is 9.52. The third-order valence-electron chi connectivity index (χ3n) is 13.5. The molecule has 0 saturated carbocycles. The van der Waals surface area contributed by atoms with Gasteiger partial charge in [-0.25, -0.2) is 4.98 Å². The largest absolute Gasteiger partial charge is 0.505 e. The van der Waals surface area contributed by atoms with E-state index in [1.165, 1.54) is 72.8 Å². The molecular formula is C53H35Cl2N13O20S6. The summed E-state index contributed by atoms with van der Waals surface area (Å²) in [6.07, 6.45) is -0.101. The summed E-state index contributed by atoms with van der Waals surface area (Å²) in [7, 11) is -30.2. The molecule has 33 nitrogen and oxygen atoms in total. The second-order valence-corrected chi connectivity index (χ2v) is 28.8. The molecule has 0 bridgehead atoms. The number of nitrogens with one attached hydrogen (secondary N) is 3. The molecule has 0 unspecified atom stereocenters. The van der Waals surface area contributed by atoms with Crippen LogP contribution in [0.3, 0.4) is 0 Å². The van der Waals surface area contributed by atoms with E-state index in [-0.39, 0.29) is 62.2 Å². The van der Waals surface area contributed by atoms with Gasteiger partial charge in [-0.05, 0) is 135 Å². The number of azo groups is 2. The normalized spacial score (nSPS) is 12.8. The number of phenols is 2. The number of benzene rings is 9. The first-order valence-corrected chi connectivity index (χ1v) is 35.0. The molecule has 0 fully saturated rings. The van der Waals surface area contributed by atoms with Crippen LogP contribution >= 0.6 is 23.2 Å². The van der Waals surface area contributed by atoms with E-state index in [1.807, 2.05) is 0 Å². The maximum absolute atomic E-state index is 12.8. The van der Waals surface area contributed by atoms with Crippen LogP contribution in [0.25, 0.3) is 43.1 Å². The van der Waals surface area contributed by atoms with Crippen LogP contribution in [-0.4, -0.2) is 118 Å². The molecule has 11 rings (SSSR count). The topological polar surface area (TPSA) is 530 Å². The average Bonchev–Trinajstić information content (AvgIpc) is 0.754. The van der Waals surface area contributed by atoms with Crippen LogP contribution in [0.5, 0.6) is 11.5 Å². The van der Waals surface area contributed by atoms with Crippen LogP contribution in [0.1, 0.15) is 11.4 Å². The van der Waals surface area contributed by atoms with Crippen LogP contribution in [0.15, 0.2) is 183 Å². The van der Waals surface area contributed by atoms with Crippen molar-refractivity contribution in [1.82, 2.24) is 29.9 Å². The fourth-order valence-corrected chi connectivity index (χ4v) is 13.7. The summed E-state index contributed by atoms with van der Waals surface area (Å²) < 4.78 is 209. The lowest BCUT2D eigenvalue weighted by Gasteiger charge is -2.15. The van der Waals surface area contributed by atoms with Crippen molar-refractivity contribution < 1.29 is 88.0 Å². The SMILES string of the molecule is O=S(=O)(O)c1cc(Nc2nc(Cl)nc(Cc3ccc(Nc4nc(Cl)nc(Nc5cc(S(=O)(=O)O)cc6cc(S(=O)(=O)O)c(N=Nc7ccc8c(S(=O)(=O)O)cccc8c7)c(O)c56)n4)cc3)n2)c2c(O)c(N=Nc3ccc4c(S(=O)(=O)O)cccc4c3)c(S(=O)(=O)O)cc2c1. The Balaban J connectivity index is 0.870. The van der Waals surface area contributed by atoms with Crippen LogP contribution in [0, 0.1) is 0 Å². The molecule has 0 amide bonds. The number of halogens is 2. The van der Waals surface area contributed by atoms with E-state index in [0.29, 0.717) is 5.56 Å². The van der Waals surface area contributed by atoms with Gasteiger partial charge >= 0.3 is 0 Å². The zero-order valence-corrected chi connectivity index (χ0v) is 52.5. The van der Waals surface area contributed by atoms with E-state index in [9.17, 15) is 88.0 Å². The van der Waals surface area contributed by atoms with E-state index in [2.05, 4.69) is 66.3 Å². The first-order chi connectivity index (χ1) is 43.9. The molecule has 2 heterocycles. The third kappa shape index (κ3) is 14.1. The monoisotopic (exact) mass is 1430 g/mol. The summed E-state index contributed by atoms with van der Waals surface area (Å²) in [6, 6.07) is 26.3. The Morgan fingerprint density at radius 2 is 0.787 bits per heavy atom. The van der Waals surface area contributed by atoms with Crippen molar-refractivity contribution in [1.29, 1.82) is 0 Å². The van der Waals surface area contributed by atoms with Crippen molar-refractivity contribution in [2.45, 2.75) is 35.8 Å². The molecule has 0 aliphatic carbocycles. The van der Waals surface area contributed by atoms with Crippen LogP contribution in [0.4, 0.5) is 57.7 Å². The summed E-state index contributed by atoms with van der Waals surface area (Å²) in [5.74, 6) is -3.20. The van der Waals surface area contributed by atoms with Crippen molar-refractivity contribution in [2.24, 2.45) is 20.5 Å². The van der Waals surface area contributed by atoms with Gasteiger partial charge in [0.15, 0.2) is 11.5 Å². The number of aromatic hydroxyl groups is 2. The second kappa shape index (κ2) is 24.3. The minimum Gasteiger partial charge on any atom is -0.505 e. The summed E-state index contributed by atoms with van der Waals surface area (Å²) in [6.45, 7) is 0. The minimum absolute atomic E-state index is 0.0324. The van der Waals surface area contributed by atoms with Gasteiger partial charge in [0.25, 0.3) is 60.7 Å². The molecule has 11 N–H and O–H groups in total. The van der Waals surface area contributed by atoms with Gasteiger partial charge in [0.05, 0.1) is 32.5 Å². The van der Waals surface area contributed by atoms with Crippen LogP contribution < -0.4 is 16.0 Å². The summed E-state index contributed by atoms with van der Waals surface area (Å²) >= 11 is 12.7. The molecule has 11 aromatic rings. The molecule has 2 aromatic heterocycles. The highest BCUT2D eigenvalue weighted by molar-refractivity contribution is 7.87. The molecule has 0 radical (unpaired) electrons. The highest BCUT2D eigenvalue weighted by Crippen LogP contribution is 2.48. The van der Waals surface area contributed by atoms with E-state index < -0.39 is 163 Å². The number of aromatic nitrogens is 6. The molecule has 94 heavy (non-hydrogen) atoms. The van der Waals surface area contributed by atoms with Gasteiger partial charge in [0.2, 0.25) is 28.4 Å². The first-order valence-electron chi connectivity index (χ1n) is 25.6. The van der Waals surface area contributed by atoms with Gasteiger partial charge < -0.3 is 26.2 Å². The van der Waals surface area contributed by atoms with Crippen molar-refractivity contribution >= 4 is 185 Å². The fraction of sp³-hybridized carbons (Fsp3) is 0.0189. The second-order valence-electron chi connectivity index (χ2n) is 19.7. The molecule has 0 aliphatic heterocycles. The lowest BCUT2D eigenvalue weighted by molar-refractivity contribution is 0.471. The zero-order valence-electron chi connectivity index (χ0n) is 46.1. The molecular weight excluding hydrogens is 1400 g/mol. The van der Waals surface area contributed by atoms with E-state index in [1.54, 1.807) is 12.1 Å². The zero-order chi connectivity index (χ0) is 67.8. The van der Waals surface area contributed by atoms with Crippen LogP contribution in [-0.2, 0) is 67.1 Å². The average molecular weight is 1440 g/mol. The van der Waals surface area contributed by atoms with E-state index in [0.717, 1.165) is 48.5 Å².